The molecule has 3 rings (SSSR count). The molecule has 1 saturated carbocycles. The van der Waals surface area contributed by atoms with Crippen LogP contribution < -0.4 is 0 Å². The molecule has 5 atom stereocenters. The summed E-state index contributed by atoms with van der Waals surface area (Å²) in [5.41, 5.74) is 1.71. The fraction of sp³-hybridized carbons (Fsp3) is 0.667. The van der Waals surface area contributed by atoms with Crippen molar-refractivity contribution >= 4 is 5.97 Å². The molecule has 0 unspecified atom stereocenters. The number of hydrogen-bond donors (Lipinski definition) is 1. The second-order valence-corrected chi connectivity index (χ2v) is 6.22. The monoisotopic (exact) mass is 248 g/mol. The average Bonchev–Trinajstić information content (AvgIpc) is 2.60. The van der Waals surface area contributed by atoms with Gasteiger partial charge < -0.3 is 9.84 Å². The topological polar surface area (TPSA) is 46.5 Å². The van der Waals surface area contributed by atoms with Gasteiger partial charge in [0, 0.05) is 22.8 Å². The summed E-state index contributed by atoms with van der Waals surface area (Å²) in [5.74, 6) is 0.0366. The molecule has 2 aliphatic carbocycles. The molecule has 3 nitrogen and oxygen atoms in total. The van der Waals surface area contributed by atoms with Gasteiger partial charge in [0.2, 0.25) is 0 Å². The largest absolute Gasteiger partial charge is 0.458 e. The quantitative estimate of drug-likeness (QED) is 0.406. The Kier molecular flexibility index (Phi) is 2.46. The van der Waals surface area contributed by atoms with E-state index in [1.165, 1.54) is 5.57 Å². The van der Waals surface area contributed by atoms with E-state index < -0.39 is 0 Å². The lowest BCUT2D eigenvalue weighted by Crippen LogP contribution is -2.52. The highest BCUT2D eigenvalue weighted by atomic mass is 16.6. The molecule has 2 fully saturated rings. The van der Waals surface area contributed by atoms with Crippen molar-refractivity contribution in [3.63, 3.8) is 0 Å². The molecule has 18 heavy (non-hydrogen) atoms. The van der Waals surface area contributed by atoms with Crippen LogP contribution in [0.2, 0.25) is 0 Å². The van der Waals surface area contributed by atoms with E-state index >= 15 is 0 Å². The van der Waals surface area contributed by atoms with Crippen LogP contribution in [0.5, 0.6) is 0 Å². The van der Waals surface area contributed by atoms with Crippen LogP contribution in [0.3, 0.4) is 0 Å². The van der Waals surface area contributed by atoms with Crippen molar-refractivity contribution in [2.24, 2.45) is 17.3 Å². The van der Waals surface area contributed by atoms with Crippen LogP contribution in [0.4, 0.5) is 0 Å². The van der Waals surface area contributed by atoms with E-state index in [4.69, 9.17) is 4.74 Å². The summed E-state index contributed by atoms with van der Waals surface area (Å²) < 4.78 is 5.54. The Hall–Kier alpha value is -1.09. The van der Waals surface area contributed by atoms with E-state index in [1.807, 2.05) is 0 Å². The van der Waals surface area contributed by atoms with E-state index in [0.717, 1.165) is 12.8 Å². The fourth-order valence-corrected chi connectivity index (χ4v) is 4.11. The summed E-state index contributed by atoms with van der Waals surface area (Å²) in [4.78, 5) is 11.7. The minimum atomic E-state index is -0.334. The summed E-state index contributed by atoms with van der Waals surface area (Å²) in [7, 11) is 0. The zero-order valence-corrected chi connectivity index (χ0v) is 11.0. The van der Waals surface area contributed by atoms with Crippen LogP contribution in [0.25, 0.3) is 0 Å². The van der Waals surface area contributed by atoms with E-state index in [2.05, 4.69) is 26.5 Å². The number of carbonyl (C=O) groups is 1. The number of aliphatic hydroxyl groups excluding tert-OH is 1. The highest BCUT2D eigenvalue weighted by Gasteiger charge is 2.57. The van der Waals surface area contributed by atoms with Gasteiger partial charge in [-0.25, -0.2) is 4.79 Å². The third kappa shape index (κ3) is 1.37. The summed E-state index contributed by atoms with van der Waals surface area (Å²) in [6.45, 7) is 8.09. The fourth-order valence-electron chi connectivity index (χ4n) is 4.11. The first kappa shape index (κ1) is 12.0. The highest BCUT2D eigenvalue weighted by Crippen LogP contribution is 2.56. The Morgan fingerprint density at radius 2 is 2.28 bits per heavy atom. The summed E-state index contributed by atoms with van der Waals surface area (Å²) >= 11 is 0. The third-order valence-electron chi connectivity index (χ3n) is 5.30. The van der Waals surface area contributed by atoms with Gasteiger partial charge in [-0.1, -0.05) is 25.2 Å². The first-order valence-corrected chi connectivity index (χ1v) is 6.69. The van der Waals surface area contributed by atoms with Crippen molar-refractivity contribution in [3.8, 4) is 0 Å². The van der Waals surface area contributed by atoms with Crippen LogP contribution in [0.15, 0.2) is 23.8 Å². The maximum absolute atomic E-state index is 11.7. The lowest BCUT2D eigenvalue weighted by atomic mass is 9.55. The number of esters is 1. The van der Waals surface area contributed by atoms with Gasteiger partial charge in [-0.2, -0.15) is 0 Å². The Labute approximate surface area is 108 Å². The van der Waals surface area contributed by atoms with Gasteiger partial charge in [-0.3, -0.25) is 0 Å². The highest BCUT2D eigenvalue weighted by molar-refractivity contribution is 5.91. The normalized spacial score (nSPS) is 47.2. The van der Waals surface area contributed by atoms with Crippen molar-refractivity contribution in [1.82, 2.24) is 0 Å². The second-order valence-electron chi connectivity index (χ2n) is 6.22. The predicted octanol–water partition coefficient (Wildman–Crippen LogP) is 2.21. The van der Waals surface area contributed by atoms with E-state index in [-0.39, 0.29) is 35.4 Å². The Morgan fingerprint density at radius 3 is 3.00 bits per heavy atom. The minimum Gasteiger partial charge on any atom is -0.458 e. The van der Waals surface area contributed by atoms with Crippen molar-refractivity contribution in [1.29, 1.82) is 0 Å². The molecule has 98 valence electrons. The first-order chi connectivity index (χ1) is 8.45. The molecule has 0 aromatic heterocycles. The van der Waals surface area contributed by atoms with Crippen LogP contribution in [0.1, 0.15) is 33.1 Å². The predicted molar refractivity (Wildman–Crippen MR) is 67.7 cm³/mol. The molecular weight excluding hydrogens is 228 g/mol. The van der Waals surface area contributed by atoms with Crippen LogP contribution in [-0.4, -0.2) is 23.3 Å². The molecule has 0 bridgehead atoms. The molecule has 0 aromatic carbocycles. The number of carbonyl (C=O) groups excluding carboxylic acids is 1. The lowest BCUT2D eigenvalue weighted by Gasteiger charge is -2.51. The number of rotatable bonds is 0. The van der Waals surface area contributed by atoms with Crippen molar-refractivity contribution in [2.75, 3.05) is 0 Å². The molecule has 1 N–H and O–H groups in total. The number of aliphatic hydroxyl groups is 1. The molecule has 1 saturated heterocycles. The van der Waals surface area contributed by atoms with Gasteiger partial charge in [0.05, 0.1) is 6.10 Å². The van der Waals surface area contributed by atoms with Crippen molar-refractivity contribution < 1.29 is 14.6 Å². The van der Waals surface area contributed by atoms with Gasteiger partial charge in [-0.05, 0) is 26.2 Å². The number of ether oxygens (including phenoxy) is 1. The maximum atomic E-state index is 11.7. The summed E-state index contributed by atoms with van der Waals surface area (Å²) in [5, 5.41) is 10.3. The molecular formula is C15H20O3. The summed E-state index contributed by atoms with van der Waals surface area (Å²) in [6, 6.07) is 0. The van der Waals surface area contributed by atoms with Gasteiger partial charge in [0.1, 0.15) is 6.10 Å². The Morgan fingerprint density at radius 1 is 1.56 bits per heavy atom. The van der Waals surface area contributed by atoms with Gasteiger partial charge >= 0.3 is 5.97 Å². The van der Waals surface area contributed by atoms with E-state index in [0.29, 0.717) is 12.0 Å². The molecule has 0 radical (unpaired) electrons. The van der Waals surface area contributed by atoms with E-state index in [1.54, 1.807) is 0 Å². The SMILES string of the molecule is C=C1C(=O)O[C@H]2[C@H]1CC[C@@]1(C)[C@@H](O)CC=C(C)[C@@H]21. The Bertz CT molecular complexity index is 451. The number of hydrogen-bond acceptors (Lipinski definition) is 3. The third-order valence-corrected chi connectivity index (χ3v) is 5.30. The molecule has 1 heterocycles. The van der Waals surface area contributed by atoms with Crippen molar-refractivity contribution in [3.05, 3.63) is 23.8 Å². The van der Waals surface area contributed by atoms with Gasteiger partial charge in [0.25, 0.3) is 0 Å². The molecule has 3 aliphatic rings. The summed E-state index contributed by atoms with van der Waals surface area (Å²) in [6.07, 6.45) is 4.18. The maximum Gasteiger partial charge on any atom is 0.334 e. The molecule has 3 heteroatoms. The first-order valence-electron chi connectivity index (χ1n) is 6.69. The lowest BCUT2D eigenvalue weighted by molar-refractivity contribution is -0.149. The van der Waals surface area contributed by atoms with Crippen LogP contribution >= 0.6 is 0 Å². The van der Waals surface area contributed by atoms with Crippen LogP contribution in [0, 0.1) is 17.3 Å². The second kappa shape index (κ2) is 3.70. The molecule has 0 amide bonds. The average molecular weight is 248 g/mol. The smallest absolute Gasteiger partial charge is 0.334 e. The number of fused-ring (bicyclic) bond motifs is 3. The molecule has 0 aromatic rings. The van der Waals surface area contributed by atoms with E-state index in [9.17, 15) is 9.90 Å². The zero-order chi connectivity index (χ0) is 13.1. The van der Waals surface area contributed by atoms with Gasteiger partial charge in [0.15, 0.2) is 0 Å². The van der Waals surface area contributed by atoms with Crippen molar-refractivity contribution in [2.45, 2.75) is 45.3 Å². The molecule has 1 aliphatic heterocycles. The van der Waals surface area contributed by atoms with Gasteiger partial charge in [-0.15, -0.1) is 0 Å². The van der Waals surface area contributed by atoms with Crippen LogP contribution in [-0.2, 0) is 9.53 Å². The standard InChI is InChI=1S/C15H20O3/c1-8-4-5-11(16)15(3)7-6-10-9(2)14(17)18-13(10)12(8)15/h4,10-13,16H,2,5-7H2,1,3H3/t10-,11-,12-,13-,15-/m0/s1. The Balaban J connectivity index is 2.03. The molecule has 0 spiro atoms. The zero-order valence-electron chi connectivity index (χ0n) is 11.0. The minimum absolute atomic E-state index is 0.116.